The molecule has 0 bridgehead atoms. The van der Waals surface area contributed by atoms with Gasteiger partial charge in [0.1, 0.15) is 0 Å². The summed E-state index contributed by atoms with van der Waals surface area (Å²) in [5.41, 5.74) is 2.62. The molecule has 1 amide bonds. The van der Waals surface area contributed by atoms with Gasteiger partial charge in [-0.15, -0.1) is 11.3 Å². The largest absolute Gasteiger partial charge is 0.271 e. The molecule has 0 fully saturated rings. The number of non-ortho nitro benzene ring substituents is 1. The van der Waals surface area contributed by atoms with E-state index in [9.17, 15) is 14.9 Å². The van der Waals surface area contributed by atoms with E-state index >= 15 is 0 Å². The molecule has 1 aromatic carbocycles. The minimum Gasteiger partial charge on any atom is -0.267 e. The van der Waals surface area contributed by atoms with Gasteiger partial charge >= 0.3 is 0 Å². The van der Waals surface area contributed by atoms with Gasteiger partial charge in [0.05, 0.1) is 11.1 Å². The molecular formula is C13H10BrN3O3S. The summed E-state index contributed by atoms with van der Waals surface area (Å²) >= 11 is 4.94. The number of thiophene rings is 1. The topological polar surface area (TPSA) is 84.6 Å². The molecule has 0 saturated heterocycles. The Balaban J connectivity index is 1.99. The highest BCUT2D eigenvalue weighted by molar-refractivity contribution is 9.10. The van der Waals surface area contributed by atoms with Crippen LogP contribution in [0.3, 0.4) is 0 Å². The third-order valence-corrected chi connectivity index (χ3v) is 4.65. The van der Waals surface area contributed by atoms with E-state index in [0.29, 0.717) is 5.56 Å². The number of hydrogen-bond acceptors (Lipinski definition) is 5. The van der Waals surface area contributed by atoms with E-state index in [4.69, 9.17) is 0 Å². The average Bonchev–Trinajstić information content (AvgIpc) is 2.77. The van der Waals surface area contributed by atoms with E-state index in [1.165, 1.54) is 24.3 Å². The highest BCUT2D eigenvalue weighted by atomic mass is 79.9. The van der Waals surface area contributed by atoms with Gasteiger partial charge in [-0.25, -0.2) is 5.43 Å². The maximum atomic E-state index is 11.8. The fraction of sp³-hybridized carbons (Fsp3) is 0.0769. The molecule has 2 aromatic rings. The van der Waals surface area contributed by atoms with E-state index in [2.05, 4.69) is 26.5 Å². The number of nitrogens with one attached hydrogen (secondary N) is 1. The Bertz CT molecular complexity index is 690. The van der Waals surface area contributed by atoms with E-state index in [1.807, 2.05) is 13.0 Å². The third-order valence-electron chi connectivity index (χ3n) is 2.57. The molecule has 0 unspecified atom stereocenters. The summed E-state index contributed by atoms with van der Waals surface area (Å²) in [4.78, 5) is 23.8. The molecule has 0 spiro atoms. The number of hydrazone groups is 1. The Labute approximate surface area is 132 Å². The van der Waals surface area contributed by atoms with Crippen LogP contribution in [0.1, 0.15) is 20.1 Å². The van der Waals surface area contributed by atoms with Crippen LogP contribution in [0, 0.1) is 17.0 Å². The molecule has 0 atom stereocenters. The number of amides is 1. The second-order valence-corrected chi connectivity index (χ2v) is 6.20. The Kier molecular flexibility index (Phi) is 4.81. The lowest BCUT2D eigenvalue weighted by Gasteiger charge is -1.98. The van der Waals surface area contributed by atoms with Gasteiger partial charge in [0.15, 0.2) is 0 Å². The molecule has 8 heteroatoms. The van der Waals surface area contributed by atoms with Gasteiger partial charge < -0.3 is 0 Å². The van der Waals surface area contributed by atoms with Gasteiger partial charge in [-0.1, -0.05) is 0 Å². The van der Waals surface area contributed by atoms with E-state index in [0.717, 1.165) is 14.2 Å². The summed E-state index contributed by atoms with van der Waals surface area (Å²) in [5.74, 6) is -0.423. The van der Waals surface area contributed by atoms with Crippen LogP contribution in [0.2, 0.25) is 0 Å². The van der Waals surface area contributed by atoms with Crippen LogP contribution in [0.5, 0.6) is 0 Å². The Morgan fingerprint density at radius 1 is 1.43 bits per heavy atom. The Hall–Kier alpha value is -2.06. The average molecular weight is 368 g/mol. The summed E-state index contributed by atoms with van der Waals surface area (Å²) in [6, 6.07) is 7.22. The van der Waals surface area contributed by atoms with Crippen molar-refractivity contribution < 1.29 is 9.72 Å². The molecule has 1 aromatic heterocycles. The molecule has 1 N–H and O–H groups in total. The number of hydrogen-bond donors (Lipinski definition) is 1. The van der Waals surface area contributed by atoms with Crippen LogP contribution in [0.15, 0.2) is 39.9 Å². The van der Waals surface area contributed by atoms with Crippen LogP contribution in [-0.4, -0.2) is 17.0 Å². The molecule has 0 radical (unpaired) electrons. The zero-order valence-electron chi connectivity index (χ0n) is 10.9. The number of carbonyl (C=O) groups excluding carboxylic acids is 1. The summed E-state index contributed by atoms with van der Waals surface area (Å²) in [6.45, 7) is 1.97. The van der Waals surface area contributed by atoms with Gasteiger partial charge in [0, 0.05) is 31.9 Å². The minimum absolute atomic E-state index is 0.0611. The van der Waals surface area contributed by atoms with Crippen molar-refractivity contribution >= 4 is 45.1 Å². The maximum absolute atomic E-state index is 11.8. The van der Waals surface area contributed by atoms with Crippen molar-refractivity contribution in [3.8, 4) is 0 Å². The predicted molar refractivity (Wildman–Crippen MR) is 84.9 cm³/mol. The number of carbonyl (C=O) groups is 1. The quantitative estimate of drug-likeness (QED) is 0.509. The number of halogens is 1. The highest BCUT2D eigenvalue weighted by Gasteiger charge is 2.08. The molecule has 0 saturated carbocycles. The zero-order chi connectivity index (χ0) is 15.4. The maximum Gasteiger partial charge on any atom is 0.271 e. The van der Waals surface area contributed by atoms with Crippen LogP contribution < -0.4 is 5.43 Å². The van der Waals surface area contributed by atoms with Crippen molar-refractivity contribution in [1.82, 2.24) is 5.43 Å². The Morgan fingerprint density at radius 2 is 2.10 bits per heavy atom. The molecule has 6 nitrogen and oxygen atoms in total. The SMILES string of the molecule is Cc1sc(/C=N\NC(=O)c2ccc([N+](=O)[O-])cc2)cc1Br. The van der Waals surface area contributed by atoms with Gasteiger partial charge in [-0.05, 0) is 41.1 Å². The molecule has 1 heterocycles. The molecule has 108 valence electrons. The van der Waals surface area contributed by atoms with E-state index in [-0.39, 0.29) is 5.69 Å². The minimum atomic E-state index is -0.517. The van der Waals surface area contributed by atoms with Gasteiger partial charge in [0.25, 0.3) is 11.6 Å². The van der Waals surface area contributed by atoms with Gasteiger partial charge in [-0.3, -0.25) is 14.9 Å². The van der Waals surface area contributed by atoms with E-state index in [1.54, 1.807) is 17.6 Å². The normalized spacial score (nSPS) is 10.8. The number of nitro groups is 1. The second-order valence-electron chi connectivity index (χ2n) is 4.06. The van der Waals surface area contributed by atoms with Gasteiger partial charge in [-0.2, -0.15) is 5.10 Å². The van der Waals surface area contributed by atoms with Crippen LogP contribution in [-0.2, 0) is 0 Å². The number of rotatable bonds is 4. The monoisotopic (exact) mass is 367 g/mol. The first-order valence-corrected chi connectivity index (χ1v) is 7.42. The van der Waals surface area contributed by atoms with Crippen molar-refractivity contribution in [2.45, 2.75) is 6.92 Å². The highest BCUT2D eigenvalue weighted by Crippen LogP contribution is 2.24. The number of benzene rings is 1. The first-order chi connectivity index (χ1) is 9.97. The summed E-state index contributed by atoms with van der Waals surface area (Å²) < 4.78 is 0.996. The lowest BCUT2D eigenvalue weighted by Crippen LogP contribution is -2.17. The summed E-state index contributed by atoms with van der Waals surface area (Å²) in [7, 11) is 0. The Morgan fingerprint density at radius 3 is 2.62 bits per heavy atom. The number of aryl methyl sites for hydroxylation is 1. The van der Waals surface area contributed by atoms with Gasteiger partial charge in [0.2, 0.25) is 0 Å². The number of nitro benzene ring substituents is 1. The smallest absolute Gasteiger partial charge is 0.267 e. The summed E-state index contributed by atoms with van der Waals surface area (Å²) in [6.07, 6.45) is 1.55. The molecule has 2 rings (SSSR count). The fourth-order valence-electron chi connectivity index (χ4n) is 1.50. The standard InChI is InChI=1S/C13H10BrN3O3S/c1-8-12(14)6-11(21-8)7-15-16-13(18)9-2-4-10(5-3-9)17(19)20/h2-7H,1H3,(H,16,18)/b15-7-. The zero-order valence-corrected chi connectivity index (χ0v) is 13.3. The molecule has 0 aliphatic carbocycles. The molecule has 21 heavy (non-hydrogen) atoms. The van der Waals surface area contributed by atoms with Crippen molar-refractivity contribution in [2.24, 2.45) is 5.10 Å². The predicted octanol–water partition coefficient (Wildman–Crippen LogP) is 3.49. The molecular weight excluding hydrogens is 358 g/mol. The van der Waals surface area contributed by atoms with Crippen molar-refractivity contribution in [3.63, 3.8) is 0 Å². The van der Waals surface area contributed by atoms with Crippen molar-refractivity contribution in [1.29, 1.82) is 0 Å². The van der Waals surface area contributed by atoms with Crippen molar-refractivity contribution in [3.05, 3.63) is 60.2 Å². The van der Waals surface area contributed by atoms with E-state index < -0.39 is 10.8 Å². The summed E-state index contributed by atoms with van der Waals surface area (Å²) in [5, 5.41) is 14.4. The lowest BCUT2D eigenvalue weighted by molar-refractivity contribution is -0.384. The third kappa shape index (κ3) is 3.96. The van der Waals surface area contributed by atoms with Crippen LogP contribution in [0.25, 0.3) is 0 Å². The van der Waals surface area contributed by atoms with Crippen LogP contribution >= 0.6 is 27.3 Å². The lowest BCUT2D eigenvalue weighted by atomic mass is 10.2. The second kappa shape index (κ2) is 6.59. The van der Waals surface area contributed by atoms with Crippen molar-refractivity contribution in [2.75, 3.05) is 0 Å². The first-order valence-electron chi connectivity index (χ1n) is 5.81. The number of nitrogens with zero attached hydrogens (tertiary/aromatic N) is 2. The first kappa shape index (κ1) is 15.3. The molecule has 0 aliphatic heterocycles. The van der Waals surface area contributed by atoms with Crippen LogP contribution in [0.4, 0.5) is 5.69 Å². The molecule has 0 aliphatic rings. The fourth-order valence-corrected chi connectivity index (χ4v) is 2.93.